The van der Waals surface area contributed by atoms with Gasteiger partial charge in [0.15, 0.2) is 0 Å². The number of benzene rings is 1. The van der Waals surface area contributed by atoms with Gasteiger partial charge < -0.3 is 5.32 Å². The van der Waals surface area contributed by atoms with Crippen molar-refractivity contribution in [3.8, 4) is 0 Å². The number of fused-ring (bicyclic) bond motifs is 1. The summed E-state index contributed by atoms with van der Waals surface area (Å²) in [6, 6.07) is 6.16. The van der Waals surface area contributed by atoms with Crippen LogP contribution in [0.4, 0.5) is 11.4 Å². The smallest absolute Gasteiger partial charge is 0.270 e. The van der Waals surface area contributed by atoms with Gasteiger partial charge in [-0.25, -0.2) is 0 Å². The number of nitrogens with zero attached hydrogens (tertiary/aromatic N) is 2. The fraction of sp³-hybridized carbons (Fsp3) is 0.538. The quantitative estimate of drug-likeness (QED) is 0.503. The molecule has 5 nitrogen and oxygen atoms in total. The van der Waals surface area contributed by atoms with E-state index in [1.165, 1.54) is 25.9 Å². The molecule has 2 saturated heterocycles. The van der Waals surface area contributed by atoms with E-state index in [0.717, 1.165) is 15.7 Å². The molecule has 1 aromatic rings. The Morgan fingerprint density at radius 1 is 1.37 bits per heavy atom. The Kier molecular flexibility index (Phi) is 3.62. The Morgan fingerprint density at radius 3 is 2.95 bits per heavy atom. The lowest BCUT2D eigenvalue weighted by atomic mass is 10.1. The first-order valence-corrected chi connectivity index (χ1v) is 7.67. The van der Waals surface area contributed by atoms with E-state index in [9.17, 15) is 10.1 Å². The molecule has 2 fully saturated rings. The van der Waals surface area contributed by atoms with Crippen LogP contribution in [0.5, 0.6) is 0 Å². The second-order valence-corrected chi connectivity index (χ2v) is 6.37. The van der Waals surface area contributed by atoms with Crippen molar-refractivity contribution in [3.05, 3.63) is 31.9 Å². The molecule has 1 aromatic carbocycles. The monoisotopic (exact) mass is 373 g/mol. The third-order valence-electron chi connectivity index (χ3n) is 4.11. The Morgan fingerprint density at radius 2 is 2.21 bits per heavy atom. The van der Waals surface area contributed by atoms with Gasteiger partial charge >= 0.3 is 0 Å². The number of halogens is 1. The van der Waals surface area contributed by atoms with Crippen molar-refractivity contribution < 1.29 is 4.92 Å². The molecule has 0 radical (unpaired) electrons. The number of hydrogen-bond donors (Lipinski definition) is 1. The van der Waals surface area contributed by atoms with Crippen LogP contribution in [0, 0.1) is 13.7 Å². The Bertz CT molecular complexity index is 509. The van der Waals surface area contributed by atoms with E-state index in [2.05, 4.69) is 32.8 Å². The van der Waals surface area contributed by atoms with E-state index in [4.69, 9.17) is 0 Å². The fourth-order valence-corrected chi connectivity index (χ4v) is 3.84. The lowest BCUT2D eigenvalue weighted by Crippen LogP contribution is -2.33. The van der Waals surface area contributed by atoms with E-state index in [-0.39, 0.29) is 10.6 Å². The molecular weight excluding hydrogens is 357 g/mol. The predicted octanol–water partition coefficient (Wildman–Crippen LogP) is 2.85. The molecule has 102 valence electrons. The Hall–Kier alpha value is -0.890. The number of nitro groups is 1. The largest absolute Gasteiger partial charge is 0.380 e. The molecule has 0 spiro atoms. The van der Waals surface area contributed by atoms with Crippen LogP contribution in [0.3, 0.4) is 0 Å². The van der Waals surface area contributed by atoms with Crippen molar-refractivity contribution in [3.63, 3.8) is 0 Å². The van der Waals surface area contributed by atoms with Crippen molar-refractivity contribution in [2.45, 2.75) is 31.3 Å². The molecule has 2 unspecified atom stereocenters. The highest BCUT2D eigenvalue weighted by Crippen LogP contribution is 2.32. The molecule has 19 heavy (non-hydrogen) atoms. The maximum absolute atomic E-state index is 10.7. The van der Waals surface area contributed by atoms with Gasteiger partial charge in [0.2, 0.25) is 0 Å². The summed E-state index contributed by atoms with van der Waals surface area (Å²) in [7, 11) is 0. The minimum absolute atomic E-state index is 0.156. The van der Waals surface area contributed by atoms with Crippen LogP contribution in [-0.4, -0.2) is 35.0 Å². The average molecular weight is 373 g/mol. The van der Waals surface area contributed by atoms with E-state index < -0.39 is 0 Å². The average Bonchev–Trinajstić information content (AvgIpc) is 2.96. The molecule has 2 aliphatic heterocycles. The topological polar surface area (TPSA) is 58.4 Å². The molecule has 1 N–H and O–H groups in total. The minimum atomic E-state index is -0.347. The summed E-state index contributed by atoms with van der Waals surface area (Å²) in [5.41, 5.74) is 1.17. The molecule has 2 heterocycles. The number of hydrogen-bond acceptors (Lipinski definition) is 4. The molecule has 2 aliphatic rings. The number of non-ortho nitro benzene ring substituents is 1. The van der Waals surface area contributed by atoms with Crippen molar-refractivity contribution in [2.75, 3.05) is 18.4 Å². The number of anilines is 1. The van der Waals surface area contributed by atoms with Crippen LogP contribution in [0.1, 0.15) is 19.3 Å². The van der Waals surface area contributed by atoms with Gasteiger partial charge in [-0.1, -0.05) is 0 Å². The summed E-state index contributed by atoms with van der Waals surface area (Å²) in [6.45, 7) is 2.39. The Labute approximate surface area is 125 Å². The molecule has 2 atom stereocenters. The van der Waals surface area contributed by atoms with Crippen LogP contribution < -0.4 is 5.32 Å². The van der Waals surface area contributed by atoms with Crippen molar-refractivity contribution in [1.29, 1.82) is 0 Å². The molecule has 0 saturated carbocycles. The van der Waals surface area contributed by atoms with Crippen molar-refractivity contribution >= 4 is 34.0 Å². The maximum Gasteiger partial charge on any atom is 0.270 e. The molecule has 3 rings (SSSR count). The van der Waals surface area contributed by atoms with Gasteiger partial charge in [0, 0.05) is 40.0 Å². The zero-order valence-electron chi connectivity index (χ0n) is 10.5. The molecular formula is C13H16IN3O2. The summed E-state index contributed by atoms with van der Waals surface area (Å²) in [4.78, 5) is 12.9. The standard InChI is InChI=1S/C13H16IN3O2/c14-10-8-9(17(18)19)3-4-11(10)15-12-5-7-16-6-1-2-13(12)16/h3-4,8,12-13,15H,1-2,5-7H2. The summed E-state index contributed by atoms with van der Waals surface area (Å²) in [6.07, 6.45) is 3.72. The van der Waals surface area contributed by atoms with Crippen LogP contribution in [0.2, 0.25) is 0 Å². The molecule has 0 amide bonds. The third kappa shape index (κ3) is 2.55. The highest BCUT2D eigenvalue weighted by molar-refractivity contribution is 14.1. The van der Waals surface area contributed by atoms with Gasteiger partial charge in [-0.05, 0) is 54.5 Å². The molecule has 0 bridgehead atoms. The molecule has 0 aliphatic carbocycles. The van der Waals surface area contributed by atoms with E-state index >= 15 is 0 Å². The van der Waals surface area contributed by atoms with Crippen LogP contribution in [0.25, 0.3) is 0 Å². The highest BCUT2D eigenvalue weighted by Gasteiger charge is 2.37. The second-order valence-electron chi connectivity index (χ2n) is 5.21. The lowest BCUT2D eigenvalue weighted by Gasteiger charge is -2.22. The van der Waals surface area contributed by atoms with Crippen LogP contribution in [-0.2, 0) is 0 Å². The van der Waals surface area contributed by atoms with Crippen LogP contribution in [0.15, 0.2) is 18.2 Å². The van der Waals surface area contributed by atoms with Gasteiger partial charge in [0.25, 0.3) is 5.69 Å². The number of rotatable bonds is 3. The first-order chi connectivity index (χ1) is 9.15. The number of nitrogens with one attached hydrogen (secondary N) is 1. The van der Waals surface area contributed by atoms with Gasteiger partial charge in [0.1, 0.15) is 0 Å². The van der Waals surface area contributed by atoms with Crippen molar-refractivity contribution in [1.82, 2.24) is 4.90 Å². The van der Waals surface area contributed by atoms with Gasteiger partial charge in [-0.15, -0.1) is 0 Å². The first kappa shape index (κ1) is 13.1. The summed E-state index contributed by atoms with van der Waals surface area (Å²) >= 11 is 2.17. The second kappa shape index (κ2) is 5.24. The zero-order chi connectivity index (χ0) is 13.4. The van der Waals surface area contributed by atoms with E-state index in [1.807, 2.05) is 6.07 Å². The predicted molar refractivity (Wildman–Crippen MR) is 82.4 cm³/mol. The highest BCUT2D eigenvalue weighted by atomic mass is 127. The maximum atomic E-state index is 10.7. The Balaban J connectivity index is 1.75. The van der Waals surface area contributed by atoms with Crippen molar-refractivity contribution in [2.24, 2.45) is 0 Å². The fourth-order valence-electron chi connectivity index (χ4n) is 3.19. The third-order valence-corrected chi connectivity index (χ3v) is 5.00. The van der Waals surface area contributed by atoms with Gasteiger partial charge in [0.05, 0.1) is 4.92 Å². The first-order valence-electron chi connectivity index (χ1n) is 6.59. The van der Waals surface area contributed by atoms with Gasteiger partial charge in [-0.2, -0.15) is 0 Å². The molecule has 6 heteroatoms. The normalized spacial score (nSPS) is 26.4. The van der Waals surface area contributed by atoms with Crippen LogP contribution >= 0.6 is 22.6 Å². The lowest BCUT2D eigenvalue weighted by molar-refractivity contribution is -0.384. The zero-order valence-corrected chi connectivity index (χ0v) is 12.7. The minimum Gasteiger partial charge on any atom is -0.380 e. The van der Waals surface area contributed by atoms with E-state index in [0.29, 0.717) is 12.1 Å². The molecule has 0 aromatic heterocycles. The SMILES string of the molecule is O=[N+]([O-])c1ccc(NC2CCN3CCCC23)c(I)c1. The van der Waals surface area contributed by atoms with Gasteiger partial charge in [-0.3, -0.25) is 15.0 Å². The summed E-state index contributed by atoms with van der Waals surface area (Å²) < 4.78 is 0.920. The van der Waals surface area contributed by atoms with E-state index in [1.54, 1.807) is 12.1 Å². The number of nitro benzene ring substituents is 1. The summed E-state index contributed by atoms with van der Waals surface area (Å²) in [5, 5.41) is 14.3. The summed E-state index contributed by atoms with van der Waals surface area (Å²) in [5.74, 6) is 0.